The van der Waals surface area contributed by atoms with Crippen molar-refractivity contribution in [2.45, 2.75) is 13.2 Å². The molecule has 2 unspecified atom stereocenters. The lowest BCUT2D eigenvalue weighted by molar-refractivity contribution is -0.198. The Hall–Kier alpha value is -0.0200. The second-order valence-corrected chi connectivity index (χ2v) is 1.59. The van der Waals surface area contributed by atoms with Crippen LogP contribution in [0, 0.1) is 0 Å². The fourth-order valence-corrected chi connectivity index (χ4v) is 0.374. The average Bonchev–Trinajstić information content (AvgIpc) is 1.27. The lowest BCUT2D eigenvalue weighted by atomic mass is 10.8. The Morgan fingerprint density at radius 2 is 2.43 bits per heavy atom. The van der Waals surface area contributed by atoms with E-state index in [0.717, 1.165) is 0 Å². The quantitative estimate of drug-likeness (QED) is 0.392. The zero-order valence-corrected chi connectivity index (χ0v) is 4.59. The molecule has 0 fully saturated rings. The van der Waals surface area contributed by atoms with Gasteiger partial charge >= 0.3 is 8.25 Å². The fourth-order valence-electron chi connectivity index (χ4n) is 0.125. The summed E-state index contributed by atoms with van der Waals surface area (Å²) < 4.78 is 13.2. The van der Waals surface area contributed by atoms with Crippen LogP contribution in [0.15, 0.2) is 0 Å². The van der Waals surface area contributed by atoms with Gasteiger partial charge in [-0.25, -0.2) is 0 Å². The number of aliphatic hydroxyl groups is 1. The zero-order valence-electron chi connectivity index (χ0n) is 3.70. The maximum absolute atomic E-state index is 9.46. The number of rotatable bonds is 2. The molecular weight excluding hydrogens is 119 g/mol. The van der Waals surface area contributed by atoms with Crippen LogP contribution in [0.5, 0.6) is 0 Å². The van der Waals surface area contributed by atoms with Crippen molar-refractivity contribution in [3.8, 4) is 0 Å². The smallest absolute Gasteiger partial charge is 0.491 e. The largest absolute Gasteiger partial charge is 0.566 e. The van der Waals surface area contributed by atoms with Crippen LogP contribution in [0.1, 0.15) is 6.92 Å². The molecule has 0 spiro atoms. The molecular formula is C2H5O4P. The van der Waals surface area contributed by atoms with Crippen molar-refractivity contribution >= 4 is 8.25 Å². The van der Waals surface area contributed by atoms with Crippen molar-refractivity contribution < 1.29 is 19.1 Å². The molecule has 2 atom stereocenters. The molecule has 0 saturated heterocycles. The van der Waals surface area contributed by atoms with Gasteiger partial charge in [0.15, 0.2) is 0 Å². The van der Waals surface area contributed by atoms with Crippen molar-refractivity contribution in [2.75, 3.05) is 0 Å². The number of aliphatic hydroxyl groups excluding tert-OH is 1. The molecule has 0 heterocycles. The molecule has 1 N–H and O–H groups in total. The molecule has 0 aromatic carbocycles. The van der Waals surface area contributed by atoms with Gasteiger partial charge in [-0.05, 0) is 11.5 Å². The van der Waals surface area contributed by atoms with E-state index in [9.17, 15) is 9.46 Å². The minimum atomic E-state index is -2.89. The number of hydrogen-bond acceptors (Lipinski definition) is 4. The number of hydrogen-bond donors (Lipinski definition) is 1. The van der Waals surface area contributed by atoms with E-state index in [1.165, 1.54) is 6.92 Å². The fraction of sp³-hybridized carbons (Fsp3) is 1.00. The summed E-state index contributed by atoms with van der Waals surface area (Å²) in [5.74, 6) is 0. The second-order valence-electron chi connectivity index (χ2n) is 0.928. The van der Waals surface area contributed by atoms with Crippen molar-refractivity contribution in [1.29, 1.82) is 0 Å². The summed E-state index contributed by atoms with van der Waals surface area (Å²) in [6.07, 6.45) is -1.22. The van der Waals surface area contributed by atoms with Crippen LogP contribution in [0.4, 0.5) is 0 Å². The summed E-state index contributed by atoms with van der Waals surface area (Å²) in [5.41, 5.74) is 0. The molecule has 0 aromatic rings. The molecule has 5 heteroatoms. The summed E-state index contributed by atoms with van der Waals surface area (Å²) in [4.78, 5) is 9.46. The lowest BCUT2D eigenvalue weighted by Gasteiger charge is -1.91. The molecule has 0 rings (SSSR count). The zero-order chi connectivity index (χ0) is 5.86. The van der Waals surface area contributed by atoms with Gasteiger partial charge in [-0.3, -0.25) is 0 Å². The van der Waals surface area contributed by atoms with E-state index < -0.39 is 14.5 Å². The molecule has 0 bridgehead atoms. The Kier molecular flexibility index (Phi) is 3.04. The highest BCUT2D eigenvalue weighted by atomic mass is 31.1. The summed E-state index contributed by atoms with van der Waals surface area (Å²) in [6.45, 7) is 1.21. The van der Waals surface area contributed by atoms with Gasteiger partial charge in [0.1, 0.15) is 0 Å². The lowest BCUT2D eigenvalue weighted by Crippen LogP contribution is -2.03. The Morgan fingerprint density at radius 1 is 2.00 bits per heavy atom. The molecule has 0 aliphatic heterocycles. The molecule has 0 amide bonds. The van der Waals surface area contributed by atoms with Crippen LogP contribution < -0.4 is 4.89 Å². The second kappa shape index (κ2) is 3.04. The molecule has 7 heavy (non-hydrogen) atoms. The molecule has 4 nitrogen and oxygen atoms in total. The van der Waals surface area contributed by atoms with Gasteiger partial charge < -0.3 is 10.00 Å². The Morgan fingerprint density at radius 3 is 2.43 bits per heavy atom. The Balaban J connectivity index is 3.13. The topological polar surface area (TPSA) is 69.6 Å². The van der Waals surface area contributed by atoms with Crippen LogP contribution in [0.3, 0.4) is 0 Å². The first kappa shape index (κ1) is 6.98. The third kappa shape index (κ3) is 5.98. The molecule has 0 aromatic heterocycles. The van der Waals surface area contributed by atoms with Gasteiger partial charge in [0, 0.05) is 0 Å². The third-order valence-electron chi connectivity index (χ3n) is 0.239. The summed E-state index contributed by atoms with van der Waals surface area (Å²) in [5, 5.41) is 8.12. The minimum absolute atomic E-state index is 1.21. The maximum Gasteiger partial charge on any atom is 0.491 e. The van der Waals surface area contributed by atoms with Crippen LogP contribution in [0.25, 0.3) is 0 Å². The van der Waals surface area contributed by atoms with Gasteiger partial charge in [0.2, 0.25) is 6.29 Å². The van der Waals surface area contributed by atoms with Crippen LogP contribution >= 0.6 is 8.25 Å². The van der Waals surface area contributed by atoms with E-state index in [4.69, 9.17) is 5.11 Å². The monoisotopic (exact) mass is 124 g/mol. The standard InChI is InChI=1S/C2H5O4P/c1-2(3)6-7(4)5/h2-3H,1H3. The van der Waals surface area contributed by atoms with Crippen molar-refractivity contribution in [1.82, 2.24) is 0 Å². The summed E-state index contributed by atoms with van der Waals surface area (Å²) >= 11 is 0. The molecule has 0 aliphatic rings. The van der Waals surface area contributed by atoms with Crippen LogP contribution in [-0.4, -0.2) is 11.4 Å². The van der Waals surface area contributed by atoms with E-state index in [0.29, 0.717) is 0 Å². The first-order valence-corrected chi connectivity index (χ1v) is 2.71. The normalized spacial score (nSPS) is 16.1. The molecule has 0 saturated carbocycles. The van der Waals surface area contributed by atoms with Gasteiger partial charge in [0.05, 0.1) is 0 Å². The first-order valence-electron chi connectivity index (χ1n) is 1.62. The maximum atomic E-state index is 9.46. The van der Waals surface area contributed by atoms with Gasteiger partial charge in [0.25, 0.3) is 0 Å². The summed E-state index contributed by atoms with van der Waals surface area (Å²) in [7, 11) is -2.89. The minimum Gasteiger partial charge on any atom is -0.566 e. The summed E-state index contributed by atoms with van der Waals surface area (Å²) in [6, 6.07) is 0. The first-order chi connectivity index (χ1) is 3.13. The van der Waals surface area contributed by atoms with Gasteiger partial charge in [-0.2, -0.15) is 0 Å². The van der Waals surface area contributed by atoms with Crippen LogP contribution in [-0.2, 0) is 9.09 Å². The molecule has 42 valence electrons. The van der Waals surface area contributed by atoms with E-state index >= 15 is 0 Å². The molecule has 0 radical (unpaired) electrons. The Bertz CT molecular complexity index is 70.1. The average molecular weight is 124 g/mol. The van der Waals surface area contributed by atoms with E-state index in [-0.39, 0.29) is 0 Å². The van der Waals surface area contributed by atoms with Gasteiger partial charge in [-0.1, -0.05) is 0 Å². The van der Waals surface area contributed by atoms with Crippen LogP contribution in [0.2, 0.25) is 0 Å². The van der Waals surface area contributed by atoms with E-state index in [1.54, 1.807) is 0 Å². The highest BCUT2D eigenvalue weighted by molar-refractivity contribution is 7.30. The Labute approximate surface area is 41.7 Å². The van der Waals surface area contributed by atoms with Gasteiger partial charge in [-0.15, -0.1) is 4.52 Å². The predicted octanol–water partition coefficient (Wildman–Crippen LogP) is -0.641. The predicted molar refractivity (Wildman–Crippen MR) is 20.4 cm³/mol. The van der Waals surface area contributed by atoms with Crippen molar-refractivity contribution in [3.05, 3.63) is 0 Å². The third-order valence-corrected chi connectivity index (χ3v) is 0.716. The highest BCUT2D eigenvalue weighted by Crippen LogP contribution is 2.09. The van der Waals surface area contributed by atoms with E-state index in [2.05, 4.69) is 4.52 Å². The van der Waals surface area contributed by atoms with E-state index in [1.807, 2.05) is 0 Å². The highest BCUT2D eigenvalue weighted by Gasteiger charge is 2.04. The van der Waals surface area contributed by atoms with Crippen molar-refractivity contribution in [2.24, 2.45) is 0 Å². The SMILES string of the molecule is CC(O)O[P+](=O)[O-]. The molecule has 0 aliphatic carbocycles. The van der Waals surface area contributed by atoms with Crippen molar-refractivity contribution in [3.63, 3.8) is 0 Å².